The second-order valence-electron chi connectivity index (χ2n) is 7.08. The summed E-state index contributed by atoms with van der Waals surface area (Å²) in [4.78, 5) is 37.5. The first kappa shape index (κ1) is 17.1. The van der Waals surface area contributed by atoms with E-state index in [9.17, 15) is 14.4 Å². The predicted octanol–water partition coefficient (Wildman–Crippen LogP) is 0.808. The zero-order chi connectivity index (χ0) is 19.0. The lowest BCUT2D eigenvalue weighted by Crippen LogP contribution is -2.51. The van der Waals surface area contributed by atoms with Gasteiger partial charge < -0.3 is 5.32 Å². The highest BCUT2D eigenvalue weighted by molar-refractivity contribution is 6.09. The van der Waals surface area contributed by atoms with E-state index in [0.29, 0.717) is 30.0 Å². The van der Waals surface area contributed by atoms with Gasteiger partial charge >= 0.3 is 6.03 Å². The van der Waals surface area contributed by atoms with E-state index in [1.54, 1.807) is 24.3 Å². The Bertz CT molecular complexity index is 870. The van der Waals surface area contributed by atoms with E-state index >= 15 is 0 Å². The van der Waals surface area contributed by atoms with Crippen LogP contribution in [0.3, 0.4) is 0 Å². The first-order valence-electron chi connectivity index (χ1n) is 8.80. The summed E-state index contributed by atoms with van der Waals surface area (Å²) < 4.78 is 1.45. The molecule has 2 fully saturated rings. The summed E-state index contributed by atoms with van der Waals surface area (Å²) in [5, 5.41) is 14.4. The monoisotopic (exact) mass is 369 g/mol. The molecule has 2 heterocycles. The predicted molar refractivity (Wildman–Crippen MR) is 92.4 cm³/mol. The highest BCUT2D eigenvalue weighted by atomic mass is 16.2. The number of imide groups is 1. The number of rotatable bonds is 3. The first-order chi connectivity index (χ1) is 13.0. The largest absolute Gasteiger partial charge is 0.344 e. The smallest absolute Gasteiger partial charge is 0.322 e. The number of benzene rings is 1. The molecule has 1 aromatic heterocycles. The summed E-state index contributed by atoms with van der Waals surface area (Å²) in [5.41, 5.74) is 2.52. The van der Waals surface area contributed by atoms with E-state index in [1.807, 2.05) is 0 Å². The van der Waals surface area contributed by atoms with Gasteiger partial charge in [0.1, 0.15) is 11.9 Å². The second kappa shape index (κ2) is 6.45. The highest BCUT2D eigenvalue weighted by Crippen LogP contribution is 2.35. The maximum atomic E-state index is 12.8. The Hall–Kier alpha value is -3.30. The van der Waals surface area contributed by atoms with Crippen molar-refractivity contribution in [2.24, 2.45) is 5.92 Å². The minimum absolute atomic E-state index is 0.311. The summed E-state index contributed by atoms with van der Waals surface area (Å²) in [6.07, 6.45) is 4.35. The Morgan fingerprint density at radius 2 is 1.93 bits per heavy atom. The van der Waals surface area contributed by atoms with Crippen LogP contribution >= 0.6 is 0 Å². The molecule has 27 heavy (non-hydrogen) atoms. The van der Waals surface area contributed by atoms with Gasteiger partial charge in [-0.3, -0.25) is 15.0 Å². The van der Waals surface area contributed by atoms with E-state index in [1.165, 1.54) is 11.0 Å². The number of hydrazine groups is 1. The van der Waals surface area contributed by atoms with Crippen molar-refractivity contribution in [2.45, 2.75) is 38.1 Å². The lowest BCUT2D eigenvalue weighted by Gasteiger charge is -2.33. The summed E-state index contributed by atoms with van der Waals surface area (Å²) in [6, 6.07) is 5.89. The molecule has 2 aliphatic rings. The molecule has 1 spiro atoms. The SMILES string of the molecule is CC1CCC2(CC1)NC(=O)N(NC(=O)c1ccc(-n3cnnn3)cc1)C2=O. The first-order valence-corrected chi connectivity index (χ1v) is 8.80. The average Bonchev–Trinajstić information content (AvgIpc) is 3.28. The van der Waals surface area contributed by atoms with Gasteiger partial charge in [0.25, 0.3) is 11.8 Å². The van der Waals surface area contributed by atoms with Crippen LogP contribution in [0.4, 0.5) is 4.79 Å². The molecule has 0 unspecified atom stereocenters. The van der Waals surface area contributed by atoms with Crippen LogP contribution in [0.15, 0.2) is 30.6 Å². The van der Waals surface area contributed by atoms with E-state index in [4.69, 9.17) is 0 Å². The zero-order valence-corrected chi connectivity index (χ0v) is 14.8. The van der Waals surface area contributed by atoms with E-state index in [0.717, 1.165) is 17.9 Å². The molecule has 1 saturated carbocycles. The Kier molecular flexibility index (Phi) is 4.09. The topological polar surface area (TPSA) is 122 Å². The van der Waals surface area contributed by atoms with Crippen LogP contribution in [0.2, 0.25) is 0 Å². The number of hydrogen-bond acceptors (Lipinski definition) is 6. The zero-order valence-electron chi connectivity index (χ0n) is 14.8. The summed E-state index contributed by atoms with van der Waals surface area (Å²) in [7, 11) is 0. The summed E-state index contributed by atoms with van der Waals surface area (Å²) in [5.74, 6) is -0.399. The van der Waals surface area contributed by atoms with Crippen molar-refractivity contribution < 1.29 is 14.4 Å². The molecule has 4 amide bonds. The van der Waals surface area contributed by atoms with Crippen LogP contribution in [-0.2, 0) is 4.79 Å². The number of nitrogens with zero attached hydrogens (tertiary/aromatic N) is 5. The van der Waals surface area contributed by atoms with E-state index in [2.05, 4.69) is 33.2 Å². The number of nitrogens with one attached hydrogen (secondary N) is 2. The molecule has 0 atom stereocenters. The standard InChI is InChI=1S/C17H19N7O3/c1-11-6-8-17(9-7-11)15(26)24(16(27)19-17)20-14(25)12-2-4-13(5-3-12)23-10-18-21-22-23/h2-5,10-11H,6-9H2,1H3,(H,19,27)(H,20,25). The number of amides is 4. The lowest BCUT2D eigenvalue weighted by atomic mass is 9.77. The van der Waals surface area contributed by atoms with Crippen molar-refractivity contribution in [3.8, 4) is 5.69 Å². The summed E-state index contributed by atoms with van der Waals surface area (Å²) in [6.45, 7) is 2.13. The van der Waals surface area contributed by atoms with Crippen LogP contribution in [0.5, 0.6) is 0 Å². The second-order valence-corrected chi connectivity index (χ2v) is 7.08. The Morgan fingerprint density at radius 1 is 1.22 bits per heavy atom. The molecule has 1 aromatic carbocycles. The molecule has 10 heteroatoms. The van der Waals surface area contributed by atoms with Crippen LogP contribution in [0.25, 0.3) is 5.69 Å². The van der Waals surface area contributed by atoms with Crippen molar-refractivity contribution in [2.75, 3.05) is 0 Å². The third kappa shape index (κ3) is 3.03. The van der Waals surface area contributed by atoms with Crippen LogP contribution in [-0.4, -0.2) is 48.6 Å². The molecule has 0 bridgehead atoms. The molecule has 0 radical (unpaired) electrons. The van der Waals surface area contributed by atoms with Crippen LogP contribution in [0, 0.1) is 5.92 Å². The van der Waals surface area contributed by atoms with E-state index < -0.39 is 23.4 Å². The van der Waals surface area contributed by atoms with Gasteiger partial charge in [-0.15, -0.1) is 5.10 Å². The molecular weight excluding hydrogens is 350 g/mol. The lowest BCUT2D eigenvalue weighted by molar-refractivity contribution is -0.134. The van der Waals surface area contributed by atoms with Crippen LogP contribution < -0.4 is 10.7 Å². The average molecular weight is 369 g/mol. The fraction of sp³-hybridized carbons (Fsp3) is 0.412. The van der Waals surface area contributed by atoms with Gasteiger partial charge in [0.15, 0.2) is 0 Å². The molecule has 4 rings (SSSR count). The maximum absolute atomic E-state index is 12.8. The number of tetrazole rings is 1. The Balaban J connectivity index is 1.46. The number of carbonyl (C=O) groups is 3. The number of aromatic nitrogens is 4. The molecular formula is C17H19N7O3. The number of urea groups is 1. The van der Waals surface area contributed by atoms with Crippen LogP contribution in [0.1, 0.15) is 43.0 Å². The summed E-state index contributed by atoms with van der Waals surface area (Å²) >= 11 is 0. The van der Waals surface area contributed by atoms with E-state index in [-0.39, 0.29) is 0 Å². The normalized spacial score (nSPS) is 24.9. The molecule has 140 valence electrons. The van der Waals surface area contributed by atoms with Gasteiger partial charge in [-0.25, -0.2) is 9.48 Å². The molecule has 1 aliphatic carbocycles. The van der Waals surface area contributed by atoms with Crippen molar-refractivity contribution >= 4 is 17.8 Å². The highest BCUT2D eigenvalue weighted by Gasteiger charge is 2.52. The van der Waals surface area contributed by atoms with Gasteiger partial charge in [0.05, 0.1) is 5.69 Å². The minimum atomic E-state index is -0.888. The molecule has 1 aliphatic heterocycles. The van der Waals surface area contributed by atoms with Crippen molar-refractivity contribution in [3.63, 3.8) is 0 Å². The van der Waals surface area contributed by atoms with Crippen molar-refractivity contribution in [1.29, 1.82) is 0 Å². The number of hydrogen-bond donors (Lipinski definition) is 2. The quantitative estimate of drug-likeness (QED) is 0.772. The van der Waals surface area contributed by atoms with Crippen molar-refractivity contribution in [3.05, 3.63) is 36.2 Å². The van der Waals surface area contributed by atoms with Gasteiger partial charge in [-0.2, -0.15) is 5.01 Å². The third-order valence-corrected chi connectivity index (χ3v) is 5.25. The van der Waals surface area contributed by atoms with Gasteiger partial charge in [-0.1, -0.05) is 6.92 Å². The fourth-order valence-electron chi connectivity index (χ4n) is 3.53. The molecule has 2 aromatic rings. The molecule has 2 N–H and O–H groups in total. The van der Waals surface area contributed by atoms with Gasteiger partial charge in [-0.05, 0) is 66.3 Å². The fourth-order valence-corrected chi connectivity index (χ4v) is 3.53. The number of carbonyl (C=O) groups excluding carboxylic acids is 3. The maximum Gasteiger partial charge on any atom is 0.344 e. The van der Waals surface area contributed by atoms with Gasteiger partial charge in [0.2, 0.25) is 0 Å². The Morgan fingerprint density at radius 3 is 2.56 bits per heavy atom. The Labute approximate surface area is 154 Å². The van der Waals surface area contributed by atoms with Gasteiger partial charge in [0, 0.05) is 5.56 Å². The molecule has 10 nitrogen and oxygen atoms in total. The minimum Gasteiger partial charge on any atom is -0.322 e. The third-order valence-electron chi connectivity index (χ3n) is 5.25. The molecule has 1 saturated heterocycles. The van der Waals surface area contributed by atoms with Crippen molar-refractivity contribution in [1.82, 2.24) is 36.0 Å².